The number of ether oxygens (including phenoxy) is 2. The van der Waals surface area contributed by atoms with Crippen molar-refractivity contribution in [3.8, 4) is 33.4 Å². The lowest BCUT2D eigenvalue weighted by Gasteiger charge is -2.26. The van der Waals surface area contributed by atoms with Crippen LogP contribution in [-0.2, 0) is 0 Å². The first kappa shape index (κ1) is 24.2. The van der Waals surface area contributed by atoms with E-state index in [1.807, 2.05) is 12.1 Å². The summed E-state index contributed by atoms with van der Waals surface area (Å²) in [5.41, 5.74) is 1.79. The molecule has 1 aliphatic heterocycles. The molecule has 7 heteroatoms. The van der Waals surface area contributed by atoms with Gasteiger partial charge in [0.15, 0.2) is 5.78 Å². The largest absolute Gasteiger partial charge is 0.508 e. The molecule has 186 valence electrons. The monoisotopic (exact) mass is 503 g/mol. The number of fused-ring (bicyclic) bond motifs is 1. The minimum absolute atomic E-state index is 0.0816. The summed E-state index contributed by atoms with van der Waals surface area (Å²) in [6.45, 7) is 3.80. The number of methoxy groups -OCH3 is 1. The maximum atomic E-state index is 13.8. The number of likely N-dealkylation sites (tertiary alicyclic amines) is 1. The number of nitrogens with zero attached hydrogens (tertiary/aromatic N) is 1. The Bertz CT molecular complexity index is 1370. The molecule has 4 aromatic rings. The summed E-state index contributed by atoms with van der Waals surface area (Å²) in [5, 5.41) is 20.7. The Morgan fingerprint density at radius 2 is 1.67 bits per heavy atom. The fraction of sp³-hybridized carbons (Fsp3) is 0.276. The molecule has 0 unspecified atom stereocenters. The third-order valence-electron chi connectivity index (χ3n) is 6.57. The highest BCUT2D eigenvalue weighted by atomic mass is 32.1. The van der Waals surface area contributed by atoms with Crippen molar-refractivity contribution in [1.29, 1.82) is 0 Å². The van der Waals surface area contributed by atoms with E-state index in [2.05, 4.69) is 4.90 Å². The average Bonchev–Trinajstić information content (AvgIpc) is 3.27. The smallest absolute Gasteiger partial charge is 0.195 e. The highest BCUT2D eigenvalue weighted by Gasteiger charge is 2.24. The van der Waals surface area contributed by atoms with Gasteiger partial charge in [-0.1, -0.05) is 6.42 Å². The van der Waals surface area contributed by atoms with E-state index in [0.717, 1.165) is 40.3 Å². The molecule has 1 aromatic heterocycles. The van der Waals surface area contributed by atoms with Gasteiger partial charge in [-0.2, -0.15) is 0 Å². The molecule has 2 heterocycles. The second-order valence-electron chi connectivity index (χ2n) is 8.98. The molecule has 2 N–H and O–H groups in total. The minimum atomic E-state index is -0.128. The lowest BCUT2D eigenvalue weighted by atomic mass is 9.97. The van der Waals surface area contributed by atoms with E-state index in [9.17, 15) is 15.0 Å². The van der Waals surface area contributed by atoms with Crippen LogP contribution in [0, 0.1) is 0 Å². The van der Waals surface area contributed by atoms with Gasteiger partial charge in [-0.25, -0.2) is 0 Å². The van der Waals surface area contributed by atoms with E-state index in [1.165, 1.54) is 43.8 Å². The highest BCUT2D eigenvalue weighted by Crippen LogP contribution is 2.45. The minimum Gasteiger partial charge on any atom is -0.508 e. The molecule has 0 bridgehead atoms. The third kappa shape index (κ3) is 5.03. The standard InChI is InChI=1S/C29H29NO5S/c1-34-25-17-20(31)7-11-23(25)29-27(24-12-8-21(32)18-26(24)36-29)28(33)19-5-9-22(10-6-19)35-16-15-30-13-3-2-4-14-30/h5-12,17-18,31-32H,2-4,13-16H2,1H3. The predicted molar refractivity (Wildman–Crippen MR) is 143 cm³/mol. The maximum absolute atomic E-state index is 13.8. The van der Waals surface area contributed by atoms with E-state index in [4.69, 9.17) is 9.47 Å². The SMILES string of the molecule is COc1cc(O)ccc1-c1sc2cc(O)ccc2c1C(=O)c1ccc(OCCN2CCCCC2)cc1. The van der Waals surface area contributed by atoms with Gasteiger partial charge in [0, 0.05) is 39.4 Å². The van der Waals surface area contributed by atoms with Crippen LogP contribution in [0.5, 0.6) is 23.0 Å². The number of hydrogen-bond donors (Lipinski definition) is 2. The quantitative estimate of drug-likeness (QED) is 0.284. The summed E-state index contributed by atoms with van der Waals surface area (Å²) in [5.74, 6) is 1.30. The summed E-state index contributed by atoms with van der Waals surface area (Å²) in [7, 11) is 1.53. The molecule has 3 aromatic carbocycles. The van der Waals surface area contributed by atoms with Gasteiger partial charge in [-0.05, 0) is 80.5 Å². The molecule has 36 heavy (non-hydrogen) atoms. The topological polar surface area (TPSA) is 79.2 Å². The van der Waals surface area contributed by atoms with Crippen molar-refractivity contribution in [2.24, 2.45) is 0 Å². The van der Waals surface area contributed by atoms with Gasteiger partial charge in [-0.15, -0.1) is 11.3 Å². The van der Waals surface area contributed by atoms with Crippen LogP contribution >= 0.6 is 11.3 Å². The zero-order valence-electron chi connectivity index (χ0n) is 20.2. The van der Waals surface area contributed by atoms with Crippen LogP contribution in [0.2, 0.25) is 0 Å². The molecule has 1 aliphatic rings. The Morgan fingerprint density at radius 1 is 0.944 bits per heavy atom. The summed E-state index contributed by atoms with van der Waals surface area (Å²) >= 11 is 1.41. The number of carbonyl (C=O) groups is 1. The summed E-state index contributed by atoms with van der Waals surface area (Å²) in [6.07, 6.45) is 3.83. The maximum Gasteiger partial charge on any atom is 0.195 e. The number of carbonyl (C=O) groups excluding carboxylic acids is 1. The first-order valence-electron chi connectivity index (χ1n) is 12.2. The van der Waals surface area contributed by atoms with Crippen LogP contribution in [0.15, 0.2) is 60.7 Å². The number of thiophene rings is 1. The number of aromatic hydroxyl groups is 2. The van der Waals surface area contributed by atoms with Crippen molar-refractivity contribution in [2.45, 2.75) is 19.3 Å². The van der Waals surface area contributed by atoms with Crippen LogP contribution in [0.3, 0.4) is 0 Å². The van der Waals surface area contributed by atoms with Crippen molar-refractivity contribution in [2.75, 3.05) is 33.4 Å². The van der Waals surface area contributed by atoms with E-state index < -0.39 is 0 Å². The second-order valence-corrected chi connectivity index (χ2v) is 10.0. The zero-order valence-corrected chi connectivity index (χ0v) is 21.0. The molecular weight excluding hydrogens is 474 g/mol. The van der Waals surface area contributed by atoms with Crippen molar-refractivity contribution >= 4 is 27.2 Å². The fourth-order valence-corrected chi connectivity index (χ4v) is 5.95. The van der Waals surface area contributed by atoms with Gasteiger partial charge in [-0.3, -0.25) is 9.69 Å². The van der Waals surface area contributed by atoms with E-state index >= 15 is 0 Å². The van der Waals surface area contributed by atoms with E-state index in [-0.39, 0.29) is 17.3 Å². The molecule has 0 spiro atoms. The van der Waals surface area contributed by atoms with Crippen molar-refractivity contribution in [3.63, 3.8) is 0 Å². The molecule has 0 aliphatic carbocycles. The summed E-state index contributed by atoms with van der Waals surface area (Å²) in [4.78, 5) is 17.0. The van der Waals surface area contributed by atoms with Gasteiger partial charge in [0.25, 0.3) is 0 Å². The molecule has 0 amide bonds. The Hall–Kier alpha value is -3.55. The van der Waals surface area contributed by atoms with Crippen molar-refractivity contribution < 1.29 is 24.5 Å². The van der Waals surface area contributed by atoms with Crippen LogP contribution in [0.4, 0.5) is 0 Å². The number of piperidine rings is 1. The highest BCUT2D eigenvalue weighted by molar-refractivity contribution is 7.22. The molecular formula is C29H29NO5S. The van der Waals surface area contributed by atoms with Gasteiger partial charge < -0.3 is 19.7 Å². The fourth-order valence-electron chi connectivity index (χ4n) is 4.69. The molecule has 6 nitrogen and oxygen atoms in total. The van der Waals surface area contributed by atoms with Gasteiger partial charge >= 0.3 is 0 Å². The number of phenolic OH excluding ortho intramolecular Hbond substituents is 2. The van der Waals surface area contributed by atoms with Crippen molar-refractivity contribution in [1.82, 2.24) is 4.90 Å². The van der Waals surface area contributed by atoms with Crippen LogP contribution in [0.1, 0.15) is 35.2 Å². The first-order chi connectivity index (χ1) is 17.5. The first-order valence-corrected chi connectivity index (χ1v) is 13.0. The van der Waals surface area contributed by atoms with Gasteiger partial charge in [0.1, 0.15) is 29.6 Å². The average molecular weight is 504 g/mol. The lowest BCUT2D eigenvalue weighted by Crippen LogP contribution is -2.33. The Kier molecular flexibility index (Phi) is 7.11. The van der Waals surface area contributed by atoms with Crippen LogP contribution < -0.4 is 9.47 Å². The number of ketones is 1. The normalized spacial score (nSPS) is 14.1. The molecule has 0 atom stereocenters. The Labute approximate surface area is 214 Å². The van der Waals surface area contributed by atoms with Crippen molar-refractivity contribution in [3.05, 3.63) is 71.8 Å². The molecule has 0 saturated carbocycles. The summed E-state index contributed by atoms with van der Waals surface area (Å²) < 4.78 is 12.2. The number of phenols is 2. The van der Waals surface area contributed by atoms with E-state index in [0.29, 0.717) is 29.0 Å². The second kappa shape index (κ2) is 10.6. The number of hydrogen-bond acceptors (Lipinski definition) is 7. The number of rotatable bonds is 8. The lowest BCUT2D eigenvalue weighted by molar-refractivity contribution is 0.104. The Morgan fingerprint density at radius 3 is 2.42 bits per heavy atom. The molecule has 1 fully saturated rings. The Balaban J connectivity index is 1.43. The van der Waals surface area contributed by atoms with Crippen LogP contribution in [-0.4, -0.2) is 54.2 Å². The number of benzene rings is 3. The van der Waals surface area contributed by atoms with Crippen LogP contribution in [0.25, 0.3) is 20.5 Å². The molecule has 0 radical (unpaired) electrons. The summed E-state index contributed by atoms with van der Waals surface area (Å²) in [6, 6.07) is 17.1. The van der Waals surface area contributed by atoms with Gasteiger partial charge in [0.2, 0.25) is 0 Å². The molecule has 5 rings (SSSR count). The zero-order chi connectivity index (χ0) is 25.1. The predicted octanol–water partition coefficient (Wildman–Crippen LogP) is 6.08. The van der Waals surface area contributed by atoms with Gasteiger partial charge in [0.05, 0.1) is 12.0 Å². The van der Waals surface area contributed by atoms with E-state index in [1.54, 1.807) is 42.5 Å². The third-order valence-corrected chi connectivity index (χ3v) is 7.76. The molecule has 1 saturated heterocycles.